The lowest BCUT2D eigenvalue weighted by Crippen LogP contribution is -2.35. The highest BCUT2D eigenvalue weighted by Gasteiger charge is 2.24. The molecule has 0 atom stereocenters. The van der Waals surface area contributed by atoms with Gasteiger partial charge in [0, 0.05) is 24.9 Å². The molecule has 2 aromatic carbocycles. The zero-order chi connectivity index (χ0) is 19.6. The molecule has 5 nitrogen and oxygen atoms in total. The van der Waals surface area contributed by atoms with Crippen LogP contribution in [0.4, 0.5) is 5.69 Å². The third-order valence-electron chi connectivity index (χ3n) is 4.35. The molecule has 0 saturated heterocycles. The van der Waals surface area contributed by atoms with Crippen LogP contribution in [0.2, 0.25) is 10.0 Å². The first-order chi connectivity index (χ1) is 12.8. The molecule has 1 N–H and O–H groups in total. The van der Waals surface area contributed by atoms with E-state index in [9.17, 15) is 13.2 Å². The summed E-state index contributed by atoms with van der Waals surface area (Å²) in [7, 11) is -3.24. The van der Waals surface area contributed by atoms with Gasteiger partial charge in [0.1, 0.15) is 0 Å². The molecular formula is C19H18Cl2N2O3S. The van der Waals surface area contributed by atoms with Crippen LogP contribution in [0, 0.1) is 0 Å². The van der Waals surface area contributed by atoms with E-state index < -0.39 is 10.0 Å². The van der Waals surface area contributed by atoms with Crippen LogP contribution < -0.4 is 5.32 Å². The number of sulfonamides is 1. The highest BCUT2D eigenvalue weighted by molar-refractivity contribution is 7.88. The van der Waals surface area contributed by atoms with E-state index in [-0.39, 0.29) is 5.91 Å². The number of carbonyl (C=O) groups excluding carboxylic acids is 1. The van der Waals surface area contributed by atoms with Gasteiger partial charge in [-0.25, -0.2) is 8.42 Å². The summed E-state index contributed by atoms with van der Waals surface area (Å²) in [6.45, 7) is 0.707. The SMILES string of the molecule is CS(=O)(=O)N1CCc2c(cccc2NC(=O)/C=C/c2cccc(Cl)c2Cl)C1. The Labute approximate surface area is 168 Å². The van der Waals surface area contributed by atoms with Crippen LogP contribution in [-0.2, 0) is 27.8 Å². The highest BCUT2D eigenvalue weighted by Crippen LogP contribution is 2.28. The molecule has 2 aromatic rings. The zero-order valence-corrected chi connectivity index (χ0v) is 16.9. The van der Waals surface area contributed by atoms with E-state index in [0.717, 1.165) is 11.1 Å². The summed E-state index contributed by atoms with van der Waals surface area (Å²) in [4.78, 5) is 12.3. The molecule has 0 bridgehead atoms. The Balaban J connectivity index is 1.76. The maximum Gasteiger partial charge on any atom is 0.248 e. The third kappa shape index (κ3) is 4.71. The van der Waals surface area contributed by atoms with Gasteiger partial charge in [-0.15, -0.1) is 0 Å². The number of amides is 1. The number of nitrogens with one attached hydrogen (secondary N) is 1. The molecule has 0 unspecified atom stereocenters. The summed E-state index contributed by atoms with van der Waals surface area (Å²) < 4.78 is 24.9. The Morgan fingerprint density at radius 1 is 1.19 bits per heavy atom. The second-order valence-electron chi connectivity index (χ2n) is 6.26. The van der Waals surface area contributed by atoms with Crippen molar-refractivity contribution in [2.75, 3.05) is 18.1 Å². The van der Waals surface area contributed by atoms with E-state index in [0.29, 0.717) is 40.8 Å². The molecule has 0 aromatic heterocycles. The van der Waals surface area contributed by atoms with Crippen LogP contribution in [0.15, 0.2) is 42.5 Å². The van der Waals surface area contributed by atoms with Crippen molar-refractivity contribution < 1.29 is 13.2 Å². The van der Waals surface area contributed by atoms with Crippen LogP contribution in [0.3, 0.4) is 0 Å². The fourth-order valence-corrected chi connectivity index (χ4v) is 4.14. The number of benzene rings is 2. The predicted octanol–water partition coefficient (Wildman–Crippen LogP) is 3.96. The number of nitrogens with zero attached hydrogens (tertiary/aromatic N) is 1. The quantitative estimate of drug-likeness (QED) is 0.755. The molecule has 1 heterocycles. The Morgan fingerprint density at radius 2 is 1.93 bits per heavy atom. The maximum atomic E-state index is 12.3. The average Bonchev–Trinajstić information content (AvgIpc) is 2.62. The second kappa shape index (κ2) is 8.02. The molecule has 1 amide bonds. The fourth-order valence-electron chi connectivity index (χ4n) is 2.97. The topological polar surface area (TPSA) is 66.5 Å². The number of anilines is 1. The molecule has 1 aliphatic rings. The second-order valence-corrected chi connectivity index (χ2v) is 9.02. The first kappa shape index (κ1) is 19.9. The molecule has 3 rings (SSSR count). The summed E-state index contributed by atoms with van der Waals surface area (Å²) in [6, 6.07) is 10.7. The lowest BCUT2D eigenvalue weighted by Gasteiger charge is -2.28. The van der Waals surface area contributed by atoms with Crippen molar-refractivity contribution in [3.05, 3.63) is 69.2 Å². The number of rotatable bonds is 4. The minimum atomic E-state index is -3.24. The summed E-state index contributed by atoms with van der Waals surface area (Å²) in [5.74, 6) is -0.301. The largest absolute Gasteiger partial charge is 0.322 e. The van der Waals surface area contributed by atoms with Crippen molar-refractivity contribution >= 4 is 50.9 Å². The molecule has 0 radical (unpaired) electrons. The Kier molecular flexibility index (Phi) is 5.91. The van der Waals surface area contributed by atoms with E-state index in [1.54, 1.807) is 30.3 Å². The standard InChI is InChI=1S/C19H18Cl2N2O3S/c1-27(25,26)23-11-10-15-14(12-23)5-3-7-17(15)22-18(24)9-8-13-4-2-6-16(20)19(13)21/h2-9H,10-12H2,1H3,(H,22,24)/b9-8+. The van der Waals surface area contributed by atoms with Crippen molar-refractivity contribution in [3.63, 3.8) is 0 Å². The van der Waals surface area contributed by atoms with Gasteiger partial charge in [0.25, 0.3) is 0 Å². The van der Waals surface area contributed by atoms with Gasteiger partial charge in [-0.1, -0.05) is 47.5 Å². The van der Waals surface area contributed by atoms with Crippen molar-refractivity contribution in [1.82, 2.24) is 4.31 Å². The van der Waals surface area contributed by atoms with Crippen LogP contribution in [0.5, 0.6) is 0 Å². The van der Waals surface area contributed by atoms with Crippen molar-refractivity contribution in [3.8, 4) is 0 Å². The molecule has 27 heavy (non-hydrogen) atoms. The molecule has 0 fully saturated rings. The van der Waals surface area contributed by atoms with Gasteiger partial charge in [-0.2, -0.15) is 4.31 Å². The van der Waals surface area contributed by atoms with E-state index in [2.05, 4.69) is 5.32 Å². The lowest BCUT2D eigenvalue weighted by molar-refractivity contribution is -0.111. The zero-order valence-electron chi connectivity index (χ0n) is 14.6. The Hall–Kier alpha value is -1.86. The highest BCUT2D eigenvalue weighted by atomic mass is 35.5. The summed E-state index contributed by atoms with van der Waals surface area (Å²) in [6.07, 6.45) is 4.74. The summed E-state index contributed by atoms with van der Waals surface area (Å²) in [5, 5.41) is 3.67. The van der Waals surface area contributed by atoms with Gasteiger partial charge < -0.3 is 5.32 Å². The van der Waals surface area contributed by atoms with E-state index in [1.807, 2.05) is 12.1 Å². The average molecular weight is 425 g/mol. The van der Waals surface area contributed by atoms with Gasteiger partial charge in [-0.3, -0.25) is 4.79 Å². The number of halogens is 2. The fraction of sp³-hybridized carbons (Fsp3) is 0.211. The minimum Gasteiger partial charge on any atom is -0.322 e. The summed E-state index contributed by atoms with van der Waals surface area (Å²) >= 11 is 12.1. The molecule has 142 valence electrons. The first-order valence-corrected chi connectivity index (χ1v) is 10.8. The normalized spacial score (nSPS) is 14.9. The Morgan fingerprint density at radius 3 is 2.67 bits per heavy atom. The van der Waals surface area contributed by atoms with E-state index >= 15 is 0 Å². The van der Waals surface area contributed by atoms with E-state index in [4.69, 9.17) is 23.2 Å². The van der Waals surface area contributed by atoms with Crippen LogP contribution in [0.25, 0.3) is 6.08 Å². The van der Waals surface area contributed by atoms with E-state index in [1.165, 1.54) is 16.6 Å². The monoisotopic (exact) mass is 424 g/mol. The molecule has 0 saturated carbocycles. The molecular weight excluding hydrogens is 407 g/mol. The smallest absolute Gasteiger partial charge is 0.248 e. The number of fused-ring (bicyclic) bond motifs is 1. The molecule has 8 heteroatoms. The van der Waals surface area contributed by atoms with Gasteiger partial charge in [0.2, 0.25) is 15.9 Å². The van der Waals surface area contributed by atoms with Crippen LogP contribution in [-0.4, -0.2) is 31.4 Å². The van der Waals surface area contributed by atoms with Crippen LogP contribution in [0.1, 0.15) is 16.7 Å². The van der Waals surface area contributed by atoms with Crippen LogP contribution >= 0.6 is 23.2 Å². The molecule has 0 aliphatic carbocycles. The van der Waals surface area contributed by atoms with Crippen molar-refractivity contribution in [2.24, 2.45) is 0 Å². The molecule has 1 aliphatic heterocycles. The Bertz CT molecular complexity index is 1020. The van der Waals surface area contributed by atoms with Gasteiger partial charge in [-0.05, 0) is 41.3 Å². The van der Waals surface area contributed by atoms with Gasteiger partial charge >= 0.3 is 0 Å². The van der Waals surface area contributed by atoms with Gasteiger partial charge in [0.15, 0.2) is 0 Å². The summed E-state index contributed by atoms with van der Waals surface area (Å²) in [5.41, 5.74) is 3.19. The molecule has 0 spiro atoms. The minimum absolute atomic E-state index is 0.301. The van der Waals surface area contributed by atoms with Crippen molar-refractivity contribution in [1.29, 1.82) is 0 Å². The maximum absolute atomic E-state index is 12.3. The number of hydrogen-bond acceptors (Lipinski definition) is 3. The van der Waals surface area contributed by atoms with Crippen molar-refractivity contribution in [2.45, 2.75) is 13.0 Å². The van der Waals surface area contributed by atoms with Gasteiger partial charge in [0.05, 0.1) is 16.3 Å². The number of hydrogen-bond donors (Lipinski definition) is 1. The number of carbonyl (C=O) groups is 1. The third-order valence-corrected chi connectivity index (χ3v) is 6.44. The predicted molar refractivity (Wildman–Crippen MR) is 110 cm³/mol. The lowest BCUT2D eigenvalue weighted by atomic mass is 9.99. The first-order valence-electron chi connectivity index (χ1n) is 8.24.